The molecule has 0 amide bonds. The Morgan fingerprint density at radius 2 is 2.05 bits per heavy atom. The van der Waals surface area contributed by atoms with Crippen molar-refractivity contribution in [2.45, 2.75) is 31.7 Å². The molecule has 19 heavy (non-hydrogen) atoms. The van der Waals surface area contributed by atoms with Gasteiger partial charge in [0, 0.05) is 11.4 Å². The van der Waals surface area contributed by atoms with Crippen LogP contribution >= 0.6 is 11.8 Å². The SMILES string of the molecule is CC(C)CNCc1cccc(SCCCN(C)C)c1. The standard InChI is InChI=1S/C16H28N2S/c1-14(2)12-17-13-15-7-5-8-16(11-15)19-10-6-9-18(3)4/h5,7-8,11,14,17H,6,9-10,12-13H2,1-4H3. The molecule has 0 saturated heterocycles. The average Bonchev–Trinajstić information content (AvgIpc) is 2.34. The molecule has 1 rings (SSSR count). The summed E-state index contributed by atoms with van der Waals surface area (Å²) in [7, 11) is 4.26. The first-order valence-electron chi connectivity index (χ1n) is 7.15. The Kier molecular flexibility index (Phi) is 8.19. The summed E-state index contributed by atoms with van der Waals surface area (Å²) < 4.78 is 0. The Morgan fingerprint density at radius 1 is 1.26 bits per heavy atom. The van der Waals surface area contributed by atoms with Crippen LogP contribution in [0.2, 0.25) is 0 Å². The van der Waals surface area contributed by atoms with Crippen molar-refractivity contribution in [3.8, 4) is 0 Å². The predicted octanol–water partition coefficient (Wildman–Crippen LogP) is 3.48. The van der Waals surface area contributed by atoms with E-state index in [1.165, 1.54) is 29.2 Å². The molecule has 0 saturated carbocycles. The van der Waals surface area contributed by atoms with Gasteiger partial charge in [-0.2, -0.15) is 0 Å². The van der Waals surface area contributed by atoms with Gasteiger partial charge in [-0.25, -0.2) is 0 Å². The average molecular weight is 280 g/mol. The molecule has 0 radical (unpaired) electrons. The minimum atomic E-state index is 0.712. The van der Waals surface area contributed by atoms with E-state index >= 15 is 0 Å². The number of thioether (sulfide) groups is 1. The van der Waals surface area contributed by atoms with Gasteiger partial charge in [0.2, 0.25) is 0 Å². The van der Waals surface area contributed by atoms with Gasteiger partial charge in [-0.15, -0.1) is 11.8 Å². The second kappa shape index (κ2) is 9.40. The van der Waals surface area contributed by atoms with Crippen LogP contribution in [0.5, 0.6) is 0 Å². The highest BCUT2D eigenvalue weighted by Gasteiger charge is 1.99. The van der Waals surface area contributed by atoms with Crippen molar-refractivity contribution in [3.63, 3.8) is 0 Å². The second-order valence-corrected chi connectivity index (χ2v) is 6.85. The van der Waals surface area contributed by atoms with Crippen molar-refractivity contribution >= 4 is 11.8 Å². The van der Waals surface area contributed by atoms with Crippen LogP contribution in [0.15, 0.2) is 29.2 Å². The number of nitrogens with zero attached hydrogens (tertiary/aromatic N) is 1. The van der Waals surface area contributed by atoms with E-state index < -0.39 is 0 Å². The normalized spacial score (nSPS) is 11.5. The van der Waals surface area contributed by atoms with Crippen molar-refractivity contribution in [1.82, 2.24) is 10.2 Å². The first kappa shape index (κ1) is 16.5. The lowest BCUT2D eigenvalue weighted by Gasteiger charge is -2.10. The molecule has 1 aromatic rings. The molecule has 2 nitrogen and oxygen atoms in total. The van der Waals surface area contributed by atoms with Crippen LogP contribution in [0.25, 0.3) is 0 Å². The minimum absolute atomic E-state index is 0.712. The van der Waals surface area contributed by atoms with Crippen LogP contribution in [0.4, 0.5) is 0 Å². The van der Waals surface area contributed by atoms with Gasteiger partial charge < -0.3 is 10.2 Å². The topological polar surface area (TPSA) is 15.3 Å². The third kappa shape index (κ3) is 8.30. The fourth-order valence-corrected chi connectivity index (χ4v) is 2.74. The molecule has 0 aliphatic rings. The molecule has 0 aliphatic carbocycles. The Hall–Kier alpha value is -0.510. The molecule has 1 aromatic carbocycles. The van der Waals surface area contributed by atoms with E-state index in [0.717, 1.165) is 13.1 Å². The maximum absolute atomic E-state index is 3.49. The van der Waals surface area contributed by atoms with Crippen molar-refractivity contribution in [3.05, 3.63) is 29.8 Å². The maximum atomic E-state index is 3.49. The lowest BCUT2D eigenvalue weighted by Crippen LogP contribution is -2.18. The molecule has 0 fully saturated rings. The number of hydrogen-bond donors (Lipinski definition) is 1. The number of rotatable bonds is 9. The summed E-state index contributed by atoms with van der Waals surface area (Å²) in [6, 6.07) is 8.90. The van der Waals surface area contributed by atoms with Crippen LogP contribution in [-0.4, -0.2) is 37.8 Å². The van der Waals surface area contributed by atoms with E-state index in [0.29, 0.717) is 5.92 Å². The monoisotopic (exact) mass is 280 g/mol. The van der Waals surface area contributed by atoms with Gasteiger partial charge in [0.1, 0.15) is 0 Å². The fourth-order valence-electron chi connectivity index (χ4n) is 1.82. The largest absolute Gasteiger partial charge is 0.312 e. The summed E-state index contributed by atoms with van der Waals surface area (Å²) in [5.74, 6) is 1.91. The lowest BCUT2D eigenvalue weighted by atomic mass is 10.2. The summed E-state index contributed by atoms with van der Waals surface area (Å²) in [5, 5.41) is 3.49. The Labute approximate surface area is 123 Å². The molecule has 0 atom stereocenters. The lowest BCUT2D eigenvalue weighted by molar-refractivity contribution is 0.410. The highest BCUT2D eigenvalue weighted by Crippen LogP contribution is 2.20. The molecule has 0 spiro atoms. The van der Waals surface area contributed by atoms with E-state index in [4.69, 9.17) is 0 Å². The van der Waals surface area contributed by atoms with Crippen molar-refractivity contribution in [2.24, 2.45) is 5.92 Å². The fraction of sp³-hybridized carbons (Fsp3) is 0.625. The van der Waals surface area contributed by atoms with Crippen LogP contribution in [0.1, 0.15) is 25.8 Å². The van der Waals surface area contributed by atoms with Gasteiger partial charge in [-0.3, -0.25) is 0 Å². The van der Waals surface area contributed by atoms with Crippen LogP contribution in [0, 0.1) is 5.92 Å². The second-order valence-electron chi connectivity index (χ2n) is 5.68. The zero-order valence-electron chi connectivity index (χ0n) is 12.8. The smallest absolute Gasteiger partial charge is 0.0206 e. The highest BCUT2D eigenvalue weighted by atomic mass is 32.2. The van der Waals surface area contributed by atoms with E-state index in [9.17, 15) is 0 Å². The zero-order chi connectivity index (χ0) is 14.1. The molecule has 1 N–H and O–H groups in total. The van der Waals surface area contributed by atoms with Crippen molar-refractivity contribution in [2.75, 3.05) is 32.9 Å². The molecule has 0 heterocycles. The van der Waals surface area contributed by atoms with Gasteiger partial charge in [0.15, 0.2) is 0 Å². The third-order valence-electron chi connectivity index (χ3n) is 2.80. The zero-order valence-corrected chi connectivity index (χ0v) is 13.6. The van der Waals surface area contributed by atoms with Crippen LogP contribution in [-0.2, 0) is 6.54 Å². The third-order valence-corrected chi connectivity index (χ3v) is 3.88. The van der Waals surface area contributed by atoms with Gasteiger partial charge in [0.25, 0.3) is 0 Å². The summed E-state index contributed by atoms with van der Waals surface area (Å²) >= 11 is 1.96. The minimum Gasteiger partial charge on any atom is -0.312 e. The summed E-state index contributed by atoms with van der Waals surface area (Å²) in [6.07, 6.45) is 1.24. The molecule has 108 valence electrons. The van der Waals surface area contributed by atoms with E-state index in [-0.39, 0.29) is 0 Å². The Balaban J connectivity index is 2.31. The van der Waals surface area contributed by atoms with E-state index in [1.807, 2.05) is 11.8 Å². The van der Waals surface area contributed by atoms with E-state index in [2.05, 4.69) is 62.4 Å². The molecule has 3 heteroatoms. The van der Waals surface area contributed by atoms with Gasteiger partial charge in [-0.1, -0.05) is 26.0 Å². The van der Waals surface area contributed by atoms with Crippen molar-refractivity contribution in [1.29, 1.82) is 0 Å². The molecule has 0 unspecified atom stereocenters. The Bertz CT molecular complexity index is 350. The molecular weight excluding hydrogens is 252 g/mol. The quantitative estimate of drug-likeness (QED) is 0.551. The first-order chi connectivity index (χ1) is 9.08. The molecule has 0 bridgehead atoms. The van der Waals surface area contributed by atoms with Crippen LogP contribution < -0.4 is 5.32 Å². The molecule has 0 aromatic heterocycles. The first-order valence-corrected chi connectivity index (χ1v) is 8.13. The number of benzene rings is 1. The highest BCUT2D eigenvalue weighted by molar-refractivity contribution is 7.99. The maximum Gasteiger partial charge on any atom is 0.0206 e. The van der Waals surface area contributed by atoms with Crippen LogP contribution in [0.3, 0.4) is 0 Å². The van der Waals surface area contributed by atoms with E-state index in [1.54, 1.807) is 0 Å². The molecular formula is C16H28N2S. The van der Waals surface area contributed by atoms with Gasteiger partial charge >= 0.3 is 0 Å². The van der Waals surface area contributed by atoms with Gasteiger partial charge in [0.05, 0.1) is 0 Å². The predicted molar refractivity (Wildman–Crippen MR) is 86.9 cm³/mol. The molecule has 0 aliphatic heterocycles. The Morgan fingerprint density at radius 3 is 2.74 bits per heavy atom. The summed E-state index contributed by atoms with van der Waals surface area (Å²) in [5.41, 5.74) is 1.39. The van der Waals surface area contributed by atoms with Crippen molar-refractivity contribution < 1.29 is 0 Å². The van der Waals surface area contributed by atoms with Gasteiger partial charge in [-0.05, 0) is 63.0 Å². The summed E-state index contributed by atoms with van der Waals surface area (Å²) in [6.45, 7) is 7.71. The number of nitrogens with one attached hydrogen (secondary N) is 1. The number of hydrogen-bond acceptors (Lipinski definition) is 3. The summed E-state index contributed by atoms with van der Waals surface area (Å²) in [4.78, 5) is 3.63.